The Hall–Kier alpha value is -7.49. The van der Waals surface area contributed by atoms with E-state index in [-0.39, 0.29) is 61.6 Å². The minimum atomic E-state index is -4.86. The van der Waals surface area contributed by atoms with Gasteiger partial charge in [-0.2, -0.15) is 18.4 Å². The number of nitrogens with zero attached hydrogens (tertiary/aromatic N) is 8. The number of alkyl halides is 3. The quantitative estimate of drug-likeness (QED) is 0.122. The molecule has 5 saturated heterocycles. The molecule has 0 saturated carbocycles. The maximum atomic E-state index is 14.5. The number of likely N-dealkylation sites (tertiary alicyclic amines) is 4. The molecule has 0 spiro atoms. The van der Waals surface area contributed by atoms with Crippen LogP contribution in [-0.4, -0.2) is 151 Å². The van der Waals surface area contributed by atoms with Crippen molar-refractivity contribution < 1.29 is 56.6 Å². The van der Waals surface area contributed by atoms with E-state index in [1.54, 1.807) is 75.7 Å². The highest BCUT2D eigenvalue weighted by Crippen LogP contribution is 2.41. The number of amides is 7. The van der Waals surface area contributed by atoms with E-state index in [9.17, 15) is 57.1 Å². The number of aryl methyl sites for hydroxylation is 1. The summed E-state index contributed by atoms with van der Waals surface area (Å²) in [5.74, 6) is -3.13. The monoisotopic (exact) mass is 1170 g/mol. The van der Waals surface area contributed by atoms with E-state index in [1.165, 1.54) is 36.6 Å². The van der Waals surface area contributed by atoms with Crippen LogP contribution in [0.25, 0.3) is 10.4 Å². The number of ether oxygens (including phenoxy) is 1. The second-order valence-corrected chi connectivity index (χ2v) is 24.2. The maximum absolute atomic E-state index is 14.5. The van der Waals surface area contributed by atoms with Gasteiger partial charge in [-0.1, -0.05) is 45.0 Å². The van der Waals surface area contributed by atoms with E-state index in [1.807, 2.05) is 31.2 Å². The average Bonchev–Trinajstić information content (AvgIpc) is 2.69. The van der Waals surface area contributed by atoms with Crippen molar-refractivity contribution in [2.24, 2.45) is 5.41 Å². The van der Waals surface area contributed by atoms with E-state index in [2.05, 4.69) is 15.6 Å². The van der Waals surface area contributed by atoms with Crippen molar-refractivity contribution in [3.05, 3.63) is 94.6 Å². The van der Waals surface area contributed by atoms with E-state index in [0.29, 0.717) is 44.2 Å². The molecule has 7 amide bonds. The van der Waals surface area contributed by atoms with E-state index >= 15 is 0 Å². The van der Waals surface area contributed by atoms with Crippen LogP contribution in [0.15, 0.2) is 72.2 Å². The molecule has 6 atom stereocenters. The molecule has 5 aliphatic heterocycles. The van der Waals surface area contributed by atoms with Crippen molar-refractivity contribution in [2.75, 3.05) is 42.6 Å². The molecule has 9 rings (SSSR count). The number of thiocarbonyl (C=S) groups is 1. The predicted octanol–water partition coefficient (Wildman–Crippen LogP) is 6.09. The summed E-state index contributed by atoms with van der Waals surface area (Å²) in [5.41, 5.74) is 0.817. The number of anilines is 2. The number of carbonyl (C=O) groups excluding carboxylic acids is 7. The van der Waals surface area contributed by atoms with Crippen LogP contribution in [0, 0.1) is 23.7 Å². The molecule has 0 aliphatic carbocycles. The highest BCUT2D eigenvalue weighted by molar-refractivity contribution is 7.81. The van der Waals surface area contributed by atoms with Crippen LogP contribution in [0.5, 0.6) is 5.75 Å². The zero-order chi connectivity index (χ0) is 59.2. The maximum Gasteiger partial charge on any atom is 0.417 e. The molecule has 5 aliphatic rings. The zero-order valence-corrected chi connectivity index (χ0v) is 48.0. The van der Waals surface area contributed by atoms with Gasteiger partial charge in [0.15, 0.2) is 11.7 Å². The lowest BCUT2D eigenvalue weighted by Crippen LogP contribution is -2.61. The number of β-amino-alcohol motifs (C(OH)–C–C–N with tert-alkyl or cyclic N) is 1. The van der Waals surface area contributed by atoms with Gasteiger partial charge in [-0.15, -0.1) is 11.3 Å². The number of aromatic nitrogens is 1. The molecular weight excluding hydrogens is 1100 g/mol. The number of aliphatic hydroxyl groups excluding tert-OH is 1. The van der Waals surface area contributed by atoms with Crippen molar-refractivity contribution in [3.8, 4) is 22.3 Å². The van der Waals surface area contributed by atoms with Crippen molar-refractivity contribution in [1.29, 1.82) is 5.26 Å². The van der Waals surface area contributed by atoms with Crippen LogP contribution in [0.2, 0.25) is 0 Å². The highest BCUT2D eigenvalue weighted by Gasteiger charge is 2.52. The Morgan fingerprint density at radius 2 is 1.44 bits per heavy atom. The number of nitrogens with one attached hydrogen (secondary N) is 2. The topological polar surface area (TPSA) is 229 Å². The fourth-order valence-corrected chi connectivity index (χ4v) is 13.0. The molecule has 4 aromatic rings. The number of thiazole rings is 1. The van der Waals surface area contributed by atoms with Crippen LogP contribution < -0.4 is 25.2 Å². The smallest absolute Gasteiger partial charge is 0.417 e. The van der Waals surface area contributed by atoms with Crippen molar-refractivity contribution in [1.82, 2.24) is 35.2 Å². The lowest BCUT2D eigenvalue weighted by molar-refractivity contribution is -0.151. The number of rotatable bonds is 14. The molecule has 0 radical (unpaired) electrons. The molecule has 82 heavy (non-hydrogen) atoms. The minimum absolute atomic E-state index is 0.0131. The van der Waals surface area contributed by atoms with Gasteiger partial charge < -0.3 is 45.0 Å². The Labute approximate surface area is 482 Å². The fraction of sp³-hybridized carbons (Fsp3) is 0.483. The summed E-state index contributed by atoms with van der Waals surface area (Å²) in [6, 6.07) is 13.6. The molecule has 3 aromatic carbocycles. The van der Waals surface area contributed by atoms with Gasteiger partial charge in [0, 0.05) is 44.8 Å². The zero-order valence-electron chi connectivity index (χ0n) is 46.3. The van der Waals surface area contributed by atoms with Crippen LogP contribution >= 0.6 is 23.6 Å². The van der Waals surface area contributed by atoms with Gasteiger partial charge in [0.25, 0.3) is 11.8 Å². The number of hydrogen-bond donors (Lipinski definition) is 3. The Bertz CT molecular complexity index is 3220. The molecule has 434 valence electrons. The number of halogens is 3. The third-order valence-corrected chi connectivity index (χ3v) is 17.4. The molecule has 19 nitrogen and oxygen atoms in total. The standard InChI is InChI=1S/C58H65F3N10O9S2/c1-33-47(82-32-64-33)35-15-13-34(14-16-35)29-63-49(74)45-27-39(72)30-69(45)53(78)48(56(2,3)4)65-50(75)42-10-7-24-67(42)52(77)44-12-9-25-68(44)51(76)43-11-8-23-66(43)46(73)31-80-40-21-19-37(20-22-40)71-55(81)70(54(79)57(71,5)6)38-18-17-36(28-62)41(26-38)58(59,60)61/h13-22,26,32,39,42-45,48,72H,7-12,23-25,27,29-31H2,1-6H3,(H,63,74)(H,65,75)/t39-,42+,43+,44+,45+,48-/m1/s1. The average molecular weight is 1170 g/mol. The third kappa shape index (κ3) is 11.8. The molecule has 6 heterocycles. The van der Waals surface area contributed by atoms with Crippen LogP contribution in [-0.2, 0) is 46.3 Å². The number of aliphatic hydroxyl groups is 1. The van der Waals surface area contributed by atoms with Gasteiger partial charge in [-0.05, 0) is 131 Å². The highest BCUT2D eigenvalue weighted by atomic mass is 32.1. The first-order valence-electron chi connectivity index (χ1n) is 27.3. The van der Waals surface area contributed by atoms with Crippen molar-refractivity contribution in [2.45, 2.75) is 141 Å². The first-order chi connectivity index (χ1) is 38.8. The summed E-state index contributed by atoms with van der Waals surface area (Å²) in [5, 5.41) is 25.8. The molecule has 0 bridgehead atoms. The number of hydrogen-bond acceptors (Lipinski definition) is 13. The normalized spacial score (nSPS) is 22.2. The van der Waals surface area contributed by atoms with Crippen LogP contribution in [0.4, 0.5) is 24.5 Å². The third-order valence-electron chi connectivity index (χ3n) is 16.0. The first-order valence-corrected chi connectivity index (χ1v) is 28.6. The van der Waals surface area contributed by atoms with Gasteiger partial charge in [-0.25, -0.2) is 4.98 Å². The summed E-state index contributed by atoms with van der Waals surface area (Å²) >= 11 is 7.20. The molecule has 5 fully saturated rings. The number of carbonyl (C=O) groups is 7. The summed E-state index contributed by atoms with van der Waals surface area (Å²) < 4.78 is 47.5. The van der Waals surface area contributed by atoms with E-state index in [4.69, 9.17) is 17.0 Å². The second-order valence-electron chi connectivity index (χ2n) is 22.9. The lowest BCUT2D eigenvalue weighted by Gasteiger charge is -2.37. The Morgan fingerprint density at radius 1 is 0.841 bits per heavy atom. The van der Waals surface area contributed by atoms with Crippen LogP contribution in [0.1, 0.15) is 102 Å². The molecule has 24 heteroatoms. The SMILES string of the molecule is Cc1ncsc1-c1ccc(CNC(=O)[C@@H]2C[C@@H](O)CN2C(=O)[C@@H](NC(=O)[C@@H]2CCCN2C(=O)[C@@H]2CCCN2C(=O)[C@@H]2CCCN2C(=O)COc2ccc(N3C(=S)N(c4ccc(C#N)c(C(F)(F)F)c4)C(=O)C3(C)C)cc2)C(C)(C)C)cc1. The van der Waals surface area contributed by atoms with E-state index in [0.717, 1.165) is 38.7 Å². The fourth-order valence-electron chi connectivity index (χ4n) is 11.7. The number of benzene rings is 3. The van der Waals surface area contributed by atoms with Gasteiger partial charge in [0.1, 0.15) is 41.5 Å². The summed E-state index contributed by atoms with van der Waals surface area (Å²) in [6.07, 6.45) is -3.27. The molecule has 3 N–H and O–H groups in total. The van der Waals surface area contributed by atoms with Gasteiger partial charge in [-0.3, -0.25) is 38.5 Å². The van der Waals surface area contributed by atoms with Gasteiger partial charge in [0.2, 0.25) is 29.5 Å². The summed E-state index contributed by atoms with van der Waals surface area (Å²) in [6.45, 7) is 10.9. The molecule has 1 aromatic heterocycles. The van der Waals surface area contributed by atoms with E-state index < -0.39 is 107 Å². The Kier molecular flexibility index (Phi) is 16.9. The van der Waals surface area contributed by atoms with Gasteiger partial charge >= 0.3 is 6.18 Å². The lowest BCUT2D eigenvalue weighted by atomic mass is 9.85. The Balaban J connectivity index is 0.798. The predicted molar refractivity (Wildman–Crippen MR) is 301 cm³/mol. The molecular formula is C58H65F3N10O9S2. The molecule has 0 unspecified atom stereocenters. The summed E-state index contributed by atoms with van der Waals surface area (Å²) in [4.78, 5) is 113. The van der Waals surface area contributed by atoms with Gasteiger partial charge in [0.05, 0.1) is 45.1 Å². The minimum Gasteiger partial charge on any atom is -0.484 e. The number of nitriles is 1. The Morgan fingerprint density at radius 3 is 2.04 bits per heavy atom. The first kappa shape index (κ1) is 59.1. The van der Waals surface area contributed by atoms with Crippen LogP contribution in [0.3, 0.4) is 0 Å². The second kappa shape index (κ2) is 23.4. The summed E-state index contributed by atoms with van der Waals surface area (Å²) in [7, 11) is 0. The van der Waals surface area contributed by atoms with Crippen molar-refractivity contribution >= 4 is 81.4 Å². The van der Waals surface area contributed by atoms with Crippen molar-refractivity contribution in [3.63, 3.8) is 0 Å². The largest absolute Gasteiger partial charge is 0.484 e.